The number of hydrogen-bond acceptors (Lipinski definition) is 4. The number of piperidine rings is 1. The van der Waals surface area contributed by atoms with Crippen molar-refractivity contribution in [3.63, 3.8) is 0 Å². The van der Waals surface area contributed by atoms with Crippen LogP contribution in [0.3, 0.4) is 0 Å². The molecule has 1 unspecified atom stereocenters. The summed E-state index contributed by atoms with van der Waals surface area (Å²) in [6.07, 6.45) is 5.77. The molecule has 1 N–H and O–H groups in total. The Hall–Kier alpha value is -1.10. The monoisotopic (exact) mass is 304 g/mol. The Labute approximate surface area is 131 Å². The van der Waals surface area contributed by atoms with Crippen LogP contribution in [-0.4, -0.2) is 24.5 Å². The molecule has 1 aliphatic rings. The van der Waals surface area contributed by atoms with Gasteiger partial charge < -0.3 is 9.73 Å². The molecule has 0 aromatic carbocycles. The first-order valence-corrected chi connectivity index (χ1v) is 8.73. The van der Waals surface area contributed by atoms with Gasteiger partial charge >= 0.3 is 0 Å². The lowest BCUT2D eigenvalue weighted by molar-refractivity contribution is 0.142. The first-order valence-electron chi connectivity index (χ1n) is 7.86. The van der Waals surface area contributed by atoms with Crippen molar-refractivity contribution in [1.82, 2.24) is 10.2 Å². The molecule has 1 aliphatic heterocycles. The average molecular weight is 304 g/mol. The molecule has 21 heavy (non-hydrogen) atoms. The fourth-order valence-corrected chi connectivity index (χ4v) is 3.90. The summed E-state index contributed by atoms with van der Waals surface area (Å²) in [6.45, 7) is 6.46. The van der Waals surface area contributed by atoms with Gasteiger partial charge in [-0.05, 0) is 62.0 Å². The minimum Gasteiger partial charge on any atom is -0.468 e. The highest BCUT2D eigenvalue weighted by Gasteiger charge is 2.24. The molecule has 2 aromatic rings. The van der Waals surface area contributed by atoms with Crippen molar-refractivity contribution < 1.29 is 4.42 Å². The smallest absolute Gasteiger partial charge is 0.122 e. The zero-order chi connectivity index (χ0) is 14.5. The maximum atomic E-state index is 5.68. The van der Waals surface area contributed by atoms with Crippen LogP contribution in [0.2, 0.25) is 0 Å². The molecule has 114 valence electrons. The summed E-state index contributed by atoms with van der Waals surface area (Å²) in [5, 5.41) is 5.79. The zero-order valence-electron chi connectivity index (χ0n) is 12.7. The summed E-state index contributed by atoms with van der Waals surface area (Å²) in [6, 6.07) is 6.66. The second-order valence-corrected chi connectivity index (χ2v) is 6.79. The molecule has 2 aromatic heterocycles. The predicted molar refractivity (Wildman–Crippen MR) is 87.6 cm³/mol. The molecule has 3 nitrogen and oxygen atoms in total. The lowest BCUT2D eigenvalue weighted by Crippen LogP contribution is -2.38. The van der Waals surface area contributed by atoms with Gasteiger partial charge in [0.1, 0.15) is 5.76 Å². The number of rotatable bonds is 6. The van der Waals surface area contributed by atoms with Crippen LogP contribution in [-0.2, 0) is 6.54 Å². The van der Waals surface area contributed by atoms with E-state index in [0.29, 0.717) is 6.04 Å². The van der Waals surface area contributed by atoms with Crippen LogP contribution in [0.1, 0.15) is 41.5 Å². The van der Waals surface area contributed by atoms with E-state index >= 15 is 0 Å². The van der Waals surface area contributed by atoms with Gasteiger partial charge in [-0.2, -0.15) is 0 Å². The number of thiophene rings is 1. The lowest BCUT2D eigenvalue weighted by Gasteiger charge is -2.33. The molecule has 0 amide bonds. The molecule has 0 saturated carbocycles. The summed E-state index contributed by atoms with van der Waals surface area (Å²) >= 11 is 1.83. The van der Waals surface area contributed by atoms with Gasteiger partial charge in [0.25, 0.3) is 0 Å². The second-order valence-electron chi connectivity index (χ2n) is 5.79. The second kappa shape index (κ2) is 7.25. The minimum atomic E-state index is 0.362. The Morgan fingerprint density at radius 1 is 1.29 bits per heavy atom. The largest absolute Gasteiger partial charge is 0.468 e. The molecule has 4 heteroatoms. The standard InChI is InChI=1S/C17H24N2OS/c1-14-7-11-21-17(14)13-18-12-15(16-6-5-10-20-16)19-8-3-2-4-9-19/h5-7,10-11,15,18H,2-4,8-9,12-13H2,1H3. The van der Waals surface area contributed by atoms with Gasteiger partial charge in [0.2, 0.25) is 0 Å². The van der Waals surface area contributed by atoms with E-state index in [1.807, 2.05) is 17.4 Å². The van der Waals surface area contributed by atoms with Crippen LogP contribution in [0.15, 0.2) is 34.3 Å². The van der Waals surface area contributed by atoms with Gasteiger partial charge in [-0.15, -0.1) is 11.3 Å². The number of nitrogens with one attached hydrogen (secondary N) is 1. The third-order valence-corrected chi connectivity index (χ3v) is 5.32. The van der Waals surface area contributed by atoms with E-state index in [-0.39, 0.29) is 0 Å². The Bertz CT molecular complexity index is 529. The summed E-state index contributed by atoms with van der Waals surface area (Å²) in [5.74, 6) is 1.09. The van der Waals surface area contributed by atoms with E-state index in [0.717, 1.165) is 18.8 Å². The summed E-state index contributed by atoms with van der Waals surface area (Å²) in [7, 11) is 0. The molecule has 0 radical (unpaired) electrons. The fourth-order valence-electron chi connectivity index (χ4n) is 3.03. The molecule has 1 saturated heterocycles. The number of hydrogen-bond donors (Lipinski definition) is 1. The molecular formula is C17H24N2OS. The zero-order valence-corrected chi connectivity index (χ0v) is 13.5. The number of likely N-dealkylation sites (tertiary alicyclic amines) is 1. The average Bonchev–Trinajstić information content (AvgIpc) is 3.17. The quantitative estimate of drug-likeness (QED) is 0.875. The van der Waals surface area contributed by atoms with E-state index in [9.17, 15) is 0 Å². The Balaban J connectivity index is 1.61. The summed E-state index contributed by atoms with van der Waals surface area (Å²) in [5.41, 5.74) is 1.39. The number of nitrogens with zero attached hydrogens (tertiary/aromatic N) is 1. The normalized spacial score (nSPS) is 18.0. The number of aryl methyl sites for hydroxylation is 1. The Morgan fingerprint density at radius 3 is 2.81 bits per heavy atom. The van der Waals surface area contributed by atoms with Crippen molar-refractivity contribution >= 4 is 11.3 Å². The van der Waals surface area contributed by atoms with Crippen molar-refractivity contribution in [2.45, 2.75) is 38.8 Å². The highest BCUT2D eigenvalue weighted by atomic mass is 32.1. The Morgan fingerprint density at radius 2 is 2.14 bits per heavy atom. The van der Waals surface area contributed by atoms with Crippen LogP contribution in [0.4, 0.5) is 0 Å². The van der Waals surface area contributed by atoms with Crippen molar-refractivity contribution in [2.24, 2.45) is 0 Å². The topological polar surface area (TPSA) is 28.4 Å². The summed E-state index contributed by atoms with van der Waals surface area (Å²) < 4.78 is 5.68. The molecule has 1 atom stereocenters. The van der Waals surface area contributed by atoms with E-state index in [2.05, 4.69) is 34.7 Å². The molecule has 1 fully saturated rings. The summed E-state index contributed by atoms with van der Waals surface area (Å²) in [4.78, 5) is 4.00. The number of furan rings is 1. The first kappa shape index (κ1) is 14.8. The van der Waals surface area contributed by atoms with Gasteiger partial charge in [0, 0.05) is 18.0 Å². The third-order valence-electron chi connectivity index (χ3n) is 4.29. The van der Waals surface area contributed by atoms with Crippen molar-refractivity contribution in [3.8, 4) is 0 Å². The van der Waals surface area contributed by atoms with Crippen molar-refractivity contribution in [3.05, 3.63) is 46.0 Å². The van der Waals surface area contributed by atoms with Crippen LogP contribution >= 0.6 is 11.3 Å². The highest BCUT2D eigenvalue weighted by Crippen LogP contribution is 2.25. The lowest BCUT2D eigenvalue weighted by atomic mass is 10.1. The maximum Gasteiger partial charge on any atom is 0.122 e. The third kappa shape index (κ3) is 3.76. The van der Waals surface area contributed by atoms with E-state index in [1.54, 1.807) is 6.26 Å². The van der Waals surface area contributed by atoms with E-state index in [1.165, 1.54) is 42.8 Å². The van der Waals surface area contributed by atoms with Crippen molar-refractivity contribution in [2.75, 3.05) is 19.6 Å². The van der Waals surface area contributed by atoms with Crippen LogP contribution in [0.25, 0.3) is 0 Å². The highest BCUT2D eigenvalue weighted by molar-refractivity contribution is 7.10. The first-order chi connectivity index (χ1) is 10.3. The molecule has 0 aliphatic carbocycles. The van der Waals surface area contributed by atoms with Gasteiger partial charge in [-0.25, -0.2) is 0 Å². The van der Waals surface area contributed by atoms with E-state index < -0.39 is 0 Å². The maximum absolute atomic E-state index is 5.68. The molecule has 0 bridgehead atoms. The molecule has 3 rings (SSSR count). The molecule has 0 spiro atoms. The molecule has 3 heterocycles. The van der Waals surface area contributed by atoms with Crippen LogP contribution in [0.5, 0.6) is 0 Å². The van der Waals surface area contributed by atoms with E-state index in [4.69, 9.17) is 4.42 Å². The fraction of sp³-hybridized carbons (Fsp3) is 0.529. The van der Waals surface area contributed by atoms with Crippen LogP contribution < -0.4 is 5.32 Å². The van der Waals surface area contributed by atoms with Gasteiger partial charge in [0.15, 0.2) is 0 Å². The van der Waals surface area contributed by atoms with Gasteiger partial charge in [0.05, 0.1) is 12.3 Å². The van der Waals surface area contributed by atoms with Crippen molar-refractivity contribution in [1.29, 1.82) is 0 Å². The predicted octanol–water partition coefficient (Wildman–Crippen LogP) is 3.97. The Kier molecular flexibility index (Phi) is 5.12. The molecular weight excluding hydrogens is 280 g/mol. The van der Waals surface area contributed by atoms with Gasteiger partial charge in [-0.3, -0.25) is 4.90 Å². The minimum absolute atomic E-state index is 0.362. The van der Waals surface area contributed by atoms with Crippen LogP contribution in [0, 0.1) is 6.92 Å². The van der Waals surface area contributed by atoms with Gasteiger partial charge in [-0.1, -0.05) is 6.42 Å². The SMILES string of the molecule is Cc1ccsc1CNCC(c1ccco1)N1CCCCC1.